The molecular weight excluding hydrogens is 506 g/mol. The molecule has 1 fully saturated rings. The van der Waals surface area contributed by atoms with Crippen LogP contribution in [0.5, 0.6) is 0 Å². The maximum absolute atomic E-state index is 15.1. The molecule has 1 aromatic carbocycles. The molecular formula is C25H23F4N7O2. The lowest BCUT2D eigenvalue weighted by molar-refractivity contribution is -0.137. The van der Waals surface area contributed by atoms with Crippen molar-refractivity contribution >= 4 is 17.4 Å². The summed E-state index contributed by atoms with van der Waals surface area (Å²) in [6, 6.07) is 7.95. The van der Waals surface area contributed by atoms with E-state index in [0.29, 0.717) is 32.0 Å². The van der Waals surface area contributed by atoms with Crippen LogP contribution in [0.4, 0.5) is 23.4 Å². The topological polar surface area (TPSA) is 111 Å². The van der Waals surface area contributed by atoms with Crippen molar-refractivity contribution in [2.24, 2.45) is 0 Å². The third-order valence-corrected chi connectivity index (χ3v) is 6.21. The van der Waals surface area contributed by atoms with E-state index in [1.165, 1.54) is 35.1 Å². The van der Waals surface area contributed by atoms with Gasteiger partial charge in [0.1, 0.15) is 11.6 Å². The first-order valence-corrected chi connectivity index (χ1v) is 11.8. The van der Waals surface area contributed by atoms with Gasteiger partial charge in [0.25, 0.3) is 5.91 Å². The molecule has 5 rings (SSSR count). The largest absolute Gasteiger partial charge is 0.419 e. The van der Waals surface area contributed by atoms with E-state index in [4.69, 9.17) is 10.5 Å². The molecule has 1 aliphatic rings. The van der Waals surface area contributed by atoms with Crippen molar-refractivity contribution in [2.75, 3.05) is 45.1 Å². The molecule has 9 nitrogen and oxygen atoms in total. The predicted molar refractivity (Wildman–Crippen MR) is 131 cm³/mol. The lowest BCUT2D eigenvalue weighted by Gasteiger charge is -2.26. The molecule has 3 N–H and O–H groups in total. The van der Waals surface area contributed by atoms with Crippen LogP contribution in [0.25, 0.3) is 28.2 Å². The van der Waals surface area contributed by atoms with Gasteiger partial charge in [0, 0.05) is 49.1 Å². The molecule has 0 radical (unpaired) electrons. The number of alkyl halides is 3. The number of pyridine rings is 1. The third kappa shape index (κ3) is 5.29. The van der Waals surface area contributed by atoms with Gasteiger partial charge in [-0.15, -0.1) is 0 Å². The third-order valence-electron chi connectivity index (χ3n) is 6.21. The van der Waals surface area contributed by atoms with Gasteiger partial charge in [-0.1, -0.05) is 0 Å². The monoisotopic (exact) mass is 529 g/mol. The molecule has 38 heavy (non-hydrogen) atoms. The van der Waals surface area contributed by atoms with E-state index >= 15 is 4.39 Å². The molecule has 0 unspecified atom stereocenters. The highest BCUT2D eigenvalue weighted by atomic mass is 19.4. The number of benzene rings is 1. The number of hydrogen-bond acceptors (Lipinski definition) is 7. The highest BCUT2D eigenvalue weighted by Gasteiger charge is 2.34. The minimum Gasteiger partial charge on any atom is -0.383 e. The lowest BCUT2D eigenvalue weighted by Crippen LogP contribution is -2.41. The summed E-state index contributed by atoms with van der Waals surface area (Å²) in [6.07, 6.45) is -2.10. The van der Waals surface area contributed by atoms with E-state index in [9.17, 15) is 18.0 Å². The van der Waals surface area contributed by atoms with Crippen LogP contribution in [0.15, 0.2) is 48.8 Å². The van der Waals surface area contributed by atoms with Crippen LogP contribution in [-0.2, 0) is 10.9 Å². The van der Waals surface area contributed by atoms with E-state index < -0.39 is 29.3 Å². The number of carbonyl (C=O) groups excluding carboxylic acids is 1. The summed E-state index contributed by atoms with van der Waals surface area (Å²) >= 11 is 0. The van der Waals surface area contributed by atoms with Crippen LogP contribution < -0.4 is 11.1 Å². The fourth-order valence-electron chi connectivity index (χ4n) is 4.17. The van der Waals surface area contributed by atoms with Gasteiger partial charge in [0.05, 0.1) is 36.4 Å². The second-order valence-electron chi connectivity index (χ2n) is 8.69. The van der Waals surface area contributed by atoms with Gasteiger partial charge in [-0.3, -0.25) is 9.69 Å². The Morgan fingerprint density at radius 3 is 2.61 bits per heavy atom. The van der Waals surface area contributed by atoms with E-state index in [2.05, 4.69) is 25.3 Å². The maximum atomic E-state index is 15.1. The van der Waals surface area contributed by atoms with Crippen molar-refractivity contribution in [1.29, 1.82) is 0 Å². The predicted octanol–water partition coefficient (Wildman–Crippen LogP) is 3.26. The summed E-state index contributed by atoms with van der Waals surface area (Å²) in [6.45, 7) is 3.99. The number of carbonyl (C=O) groups is 1. The van der Waals surface area contributed by atoms with Crippen molar-refractivity contribution in [3.05, 3.63) is 65.7 Å². The Balaban J connectivity index is 1.38. The number of rotatable bonds is 6. The summed E-state index contributed by atoms with van der Waals surface area (Å²) in [4.78, 5) is 22.6. The van der Waals surface area contributed by atoms with Gasteiger partial charge in [0.2, 0.25) is 0 Å². The van der Waals surface area contributed by atoms with Crippen LogP contribution in [0.3, 0.4) is 0 Å². The van der Waals surface area contributed by atoms with Crippen molar-refractivity contribution < 1.29 is 27.1 Å². The summed E-state index contributed by atoms with van der Waals surface area (Å²) in [5.74, 6) is -1.72. The highest BCUT2D eigenvalue weighted by molar-refractivity contribution is 5.94. The summed E-state index contributed by atoms with van der Waals surface area (Å²) in [7, 11) is 0. The number of nitrogens with two attached hydrogens (primary N) is 1. The number of ether oxygens (including phenoxy) is 1. The van der Waals surface area contributed by atoms with E-state index in [0.717, 1.165) is 25.2 Å². The summed E-state index contributed by atoms with van der Waals surface area (Å²) in [5.41, 5.74) is 5.45. The van der Waals surface area contributed by atoms with Gasteiger partial charge in [-0.2, -0.15) is 18.3 Å². The number of aromatic nitrogens is 4. The van der Waals surface area contributed by atoms with Crippen LogP contribution in [0, 0.1) is 5.82 Å². The Labute approximate surface area is 214 Å². The molecule has 0 bridgehead atoms. The van der Waals surface area contributed by atoms with Gasteiger partial charge in [-0.05, 0) is 36.4 Å². The van der Waals surface area contributed by atoms with Gasteiger partial charge in [0.15, 0.2) is 5.65 Å². The number of anilines is 1. The molecule has 4 aromatic rings. The number of halogens is 4. The Morgan fingerprint density at radius 1 is 1.08 bits per heavy atom. The number of nitrogen functional groups attached to an aromatic ring is 1. The van der Waals surface area contributed by atoms with Crippen LogP contribution in [0.2, 0.25) is 0 Å². The molecule has 0 spiro atoms. The quantitative estimate of drug-likeness (QED) is 0.369. The van der Waals surface area contributed by atoms with Crippen LogP contribution >= 0.6 is 0 Å². The number of nitrogens with one attached hydrogen (secondary N) is 1. The van der Waals surface area contributed by atoms with Crippen molar-refractivity contribution in [3.63, 3.8) is 0 Å². The number of hydrogen-bond donors (Lipinski definition) is 2. The second-order valence-corrected chi connectivity index (χ2v) is 8.69. The normalized spacial score (nSPS) is 14.6. The van der Waals surface area contributed by atoms with Crippen molar-refractivity contribution in [1.82, 2.24) is 29.8 Å². The average molecular weight is 529 g/mol. The zero-order valence-corrected chi connectivity index (χ0v) is 20.0. The minimum absolute atomic E-state index is 0.0812. The number of morpholine rings is 1. The highest BCUT2D eigenvalue weighted by Crippen LogP contribution is 2.35. The Morgan fingerprint density at radius 2 is 1.87 bits per heavy atom. The Kier molecular flexibility index (Phi) is 6.95. The molecule has 1 aliphatic heterocycles. The first-order chi connectivity index (χ1) is 18.2. The molecule has 13 heteroatoms. The number of nitrogens with zero attached hydrogens (tertiary/aromatic N) is 5. The van der Waals surface area contributed by atoms with Gasteiger partial charge >= 0.3 is 6.18 Å². The first-order valence-electron chi connectivity index (χ1n) is 11.8. The Hall–Kier alpha value is -4.10. The molecule has 1 amide bonds. The minimum atomic E-state index is -4.68. The molecule has 198 valence electrons. The van der Waals surface area contributed by atoms with E-state index in [1.54, 1.807) is 6.07 Å². The van der Waals surface area contributed by atoms with Gasteiger partial charge in [-0.25, -0.2) is 18.9 Å². The van der Waals surface area contributed by atoms with Crippen LogP contribution in [0.1, 0.15) is 15.9 Å². The molecule has 3 aromatic heterocycles. The molecule has 1 saturated heterocycles. The summed E-state index contributed by atoms with van der Waals surface area (Å²) < 4.78 is 61.6. The number of imidazole rings is 1. The fourth-order valence-corrected chi connectivity index (χ4v) is 4.17. The summed E-state index contributed by atoms with van der Waals surface area (Å²) in [5, 5.41) is 7.15. The second kappa shape index (κ2) is 10.3. The first kappa shape index (κ1) is 25.5. The number of fused-ring (bicyclic) bond motifs is 1. The standard InChI is InChI=1S/C25H23F4N7O2/c26-19-12-15(24(37)31-5-6-35-7-9-38-10-8-35)1-2-17(19)21-14-32-22-4-3-20(34-36(21)22)16-11-18(25(27,28)29)23(30)33-13-16/h1-4,11-14H,5-10H2,(H2,30,33)(H,31,37). The smallest absolute Gasteiger partial charge is 0.383 e. The molecule has 0 aliphatic carbocycles. The van der Waals surface area contributed by atoms with E-state index in [1.807, 2.05) is 0 Å². The molecule has 0 saturated carbocycles. The number of amides is 1. The average Bonchev–Trinajstić information content (AvgIpc) is 3.32. The SMILES string of the molecule is Nc1ncc(-c2ccc3ncc(-c4ccc(C(=O)NCCN5CCOCC5)cc4F)n3n2)cc1C(F)(F)F. The zero-order valence-electron chi connectivity index (χ0n) is 20.0. The van der Waals surface area contributed by atoms with Gasteiger partial charge < -0.3 is 15.8 Å². The zero-order chi connectivity index (χ0) is 26.9. The van der Waals surface area contributed by atoms with Crippen LogP contribution in [-0.4, -0.2) is 69.8 Å². The van der Waals surface area contributed by atoms with Crippen molar-refractivity contribution in [3.8, 4) is 22.5 Å². The lowest BCUT2D eigenvalue weighted by atomic mass is 10.1. The van der Waals surface area contributed by atoms with E-state index in [-0.39, 0.29) is 28.1 Å². The van der Waals surface area contributed by atoms with Crippen molar-refractivity contribution in [2.45, 2.75) is 6.18 Å². The maximum Gasteiger partial charge on any atom is 0.419 e. The fraction of sp³-hybridized carbons (Fsp3) is 0.280. The molecule has 0 atom stereocenters. The Bertz CT molecular complexity index is 1480. The molecule has 4 heterocycles.